The molecule has 2 N–H and O–H groups in total. The van der Waals surface area contributed by atoms with Gasteiger partial charge in [0.15, 0.2) is 5.88 Å². The van der Waals surface area contributed by atoms with Crippen molar-refractivity contribution in [2.75, 3.05) is 21.3 Å². The molecule has 0 fully saturated rings. The van der Waals surface area contributed by atoms with Gasteiger partial charge in [0.1, 0.15) is 22.9 Å². The molecule has 0 atom stereocenters. The predicted octanol–water partition coefficient (Wildman–Crippen LogP) is 3.65. The van der Waals surface area contributed by atoms with Gasteiger partial charge >= 0.3 is 0 Å². The third-order valence-electron chi connectivity index (χ3n) is 3.74. The minimum atomic E-state index is 0.0452. The van der Waals surface area contributed by atoms with E-state index in [4.69, 9.17) is 14.2 Å². The summed E-state index contributed by atoms with van der Waals surface area (Å²) >= 11 is 0. The highest BCUT2D eigenvalue weighted by molar-refractivity contribution is 6.03. The number of nitrogens with zero attached hydrogens (tertiary/aromatic N) is 1. The Balaban J connectivity index is 2.06. The summed E-state index contributed by atoms with van der Waals surface area (Å²) in [5.41, 5.74) is 1.98. The number of hydrogen-bond donors (Lipinski definition) is 2. The molecule has 0 bridgehead atoms. The van der Waals surface area contributed by atoms with Crippen LogP contribution in [-0.2, 0) is 0 Å². The molecule has 24 heavy (non-hydrogen) atoms. The largest absolute Gasteiger partial charge is 0.497 e. The van der Waals surface area contributed by atoms with Crippen molar-refractivity contribution in [1.82, 2.24) is 4.98 Å². The molecule has 6 nitrogen and oxygen atoms in total. The normalized spacial score (nSPS) is 11.1. The second kappa shape index (κ2) is 6.54. The number of rotatable bonds is 5. The van der Waals surface area contributed by atoms with Crippen LogP contribution in [-0.4, -0.2) is 37.6 Å². The number of aromatic nitrogens is 1. The summed E-state index contributed by atoms with van der Waals surface area (Å²) in [5, 5.41) is 11.0. The summed E-state index contributed by atoms with van der Waals surface area (Å²) in [6.07, 6.45) is 1.59. The number of aliphatic imine (C=N–C) groups is 1. The smallest absolute Gasteiger partial charge is 0.198 e. The molecule has 0 amide bonds. The summed E-state index contributed by atoms with van der Waals surface area (Å²) in [5.74, 6) is 2.04. The van der Waals surface area contributed by atoms with Crippen LogP contribution >= 0.6 is 0 Å². The SMILES string of the molecule is COc1ccc(OC)c(N=Cc2c(O)[nH]c3ccc(OC)cc23)c1. The van der Waals surface area contributed by atoms with E-state index in [1.165, 1.54) is 0 Å². The van der Waals surface area contributed by atoms with Crippen molar-refractivity contribution >= 4 is 22.8 Å². The van der Waals surface area contributed by atoms with E-state index >= 15 is 0 Å². The number of aromatic amines is 1. The molecule has 0 saturated heterocycles. The van der Waals surface area contributed by atoms with Gasteiger partial charge in [0.25, 0.3) is 0 Å². The second-order valence-electron chi connectivity index (χ2n) is 5.09. The first kappa shape index (κ1) is 15.7. The predicted molar refractivity (Wildman–Crippen MR) is 93.3 cm³/mol. The first-order chi connectivity index (χ1) is 11.7. The van der Waals surface area contributed by atoms with Crippen molar-refractivity contribution in [2.24, 2.45) is 4.99 Å². The Morgan fingerprint density at radius 3 is 2.38 bits per heavy atom. The molecule has 0 unspecified atom stereocenters. The zero-order valence-corrected chi connectivity index (χ0v) is 13.7. The van der Waals surface area contributed by atoms with E-state index in [1.54, 1.807) is 45.7 Å². The zero-order chi connectivity index (χ0) is 17.1. The molecule has 0 radical (unpaired) electrons. The van der Waals surface area contributed by atoms with Gasteiger partial charge in [0, 0.05) is 23.2 Å². The number of hydrogen-bond acceptors (Lipinski definition) is 5. The van der Waals surface area contributed by atoms with Gasteiger partial charge < -0.3 is 24.3 Å². The van der Waals surface area contributed by atoms with Crippen LogP contribution in [0, 0.1) is 0 Å². The first-order valence-corrected chi connectivity index (χ1v) is 7.31. The number of fused-ring (bicyclic) bond motifs is 1. The maximum absolute atomic E-state index is 10.2. The fourth-order valence-corrected chi connectivity index (χ4v) is 2.47. The van der Waals surface area contributed by atoms with Crippen LogP contribution in [0.1, 0.15) is 5.56 Å². The molecule has 0 spiro atoms. The number of H-pyrrole nitrogens is 1. The monoisotopic (exact) mass is 326 g/mol. The summed E-state index contributed by atoms with van der Waals surface area (Å²) < 4.78 is 15.8. The van der Waals surface area contributed by atoms with E-state index < -0.39 is 0 Å². The van der Waals surface area contributed by atoms with Crippen molar-refractivity contribution < 1.29 is 19.3 Å². The topological polar surface area (TPSA) is 76.1 Å². The molecule has 6 heteroatoms. The van der Waals surface area contributed by atoms with Gasteiger partial charge in [-0.2, -0.15) is 0 Å². The summed E-state index contributed by atoms with van der Waals surface area (Å²) in [7, 11) is 4.77. The van der Waals surface area contributed by atoms with Gasteiger partial charge in [-0.05, 0) is 30.3 Å². The third kappa shape index (κ3) is 2.86. The van der Waals surface area contributed by atoms with Crippen molar-refractivity contribution in [3.05, 3.63) is 42.0 Å². The highest BCUT2D eigenvalue weighted by Crippen LogP contribution is 2.33. The molecule has 2 aromatic carbocycles. The molecule has 0 saturated carbocycles. The van der Waals surface area contributed by atoms with E-state index in [0.717, 1.165) is 10.9 Å². The lowest BCUT2D eigenvalue weighted by Gasteiger charge is -2.06. The van der Waals surface area contributed by atoms with Crippen molar-refractivity contribution in [2.45, 2.75) is 0 Å². The lowest BCUT2D eigenvalue weighted by Crippen LogP contribution is -1.87. The zero-order valence-electron chi connectivity index (χ0n) is 13.7. The van der Waals surface area contributed by atoms with Gasteiger partial charge in [-0.15, -0.1) is 0 Å². The number of aromatic hydroxyl groups is 1. The first-order valence-electron chi connectivity index (χ1n) is 7.31. The van der Waals surface area contributed by atoms with Gasteiger partial charge in [0.05, 0.1) is 26.9 Å². The van der Waals surface area contributed by atoms with Gasteiger partial charge in [-0.25, -0.2) is 0 Å². The highest BCUT2D eigenvalue weighted by atomic mass is 16.5. The molecule has 0 aliphatic heterocycles. The molecular weight excluding hydrogens is 308 g/mol. The number of ether oxygens (including phenoxy) is 3. The molecule has 0 aliphatic rings. The minimum Gasteiger partial charge on any atom is -0.497 e. The van der Waals surface area contributed by atoms with Gasteiger partial charge in [-0.3, -0.25) is 4.99 Å². The Hall–Kier alpha value is -3.15. The Morgan fingerprint density at radius 2 is 1.67 bits per heavy atom. The molecular formula is C18H18N2O4. The van der Waals surface area contributed by atoms with Crippen LogP contribution in [0.3, 0.4) is 0 Å². The Bertz CT molecular complexity index is 899. The average molecular weight is 326 g/mol. The van der Waals surface area contributed by atoms with Crippen LogP contribution < -0.4 is 14.2 Å². The highest BCUT2D eigenvalue weighted by Gasteiger charge is 2.11. The molecule has 3 aromatic rings. The van der Waals surface area contributed by atoms with Crippen molar-refractivity contribution in [3.63, 3.8) is 0 Å². The quantitative estimate of drug-likeness (QED) is 0.702. The second-order valence-corrected chi connectivity index (χ2v) is 5.09. The van der Waals surface area contributed by atoms with E-state index in [0.29, 0.717) is 28.5 Å². The van der Waals surface area contributed by atoms with Crippen molar-refractivity contribution in [3.8, 4) is 23.1 Å². The van der Waals surface area contributed by atoms with Gasteiger partial charge in [-0.1, -0.05) is 0 Å². The van der Waals surface area contributed by atoms with Gasteiger partial charge in [0.2, 0.25) is 0 Å². The molecule has 124 valence electrons. The minimum absolute atomic E-state index is 0.0452. The summed E-state index contributed by atoms with van der Waals surface area (Å²) in [6.45, 7) is 0. The van der Waals surface area contributed by atoms with Crippen LogP contribution in [0.15, 0.2) is 41.4 Å². The summed E-state index contributed by atoms with van der Waals surface area (Å²) in [4.78, 5) is 7.36. The Labute approximate surface area is 139 Å². The van der Waals surface area contributed by atoms with E-state index in [2.05, 4.69) is 9.98 Å². The molecule has 0 aliphatic carbocycles. The van der Waals surface area contributed by atoms with Crippen molar-refractivity contribution in [1.29, 1.82) is 0 Å². The van der Waals surface area contributed by atoms with Crippen LogP contribution in [0.2, 0.25) is 0 Å². The Morgan fingerprint density at radius 1 is 0.958 bits per heavy atom. The molecule has 1 aromatic heterocycles. The van der Waals surface area contributed by atoms with Crippen LogP contribution in [0.5, 0.6) is 23.1 Å². The van der Waals surface area contributed by atoms with E-state index in [9.17, 15) is 5.11 Å². The maximum Gasteiger partial charge on any atom is 0.198 e. The maximum atomic E-state index is 10.2. The Kier molecular flexibility index (Phi) is 4.29. The number of methoxy groups -OCH3 is 3. The third-order valence-corrected chi connectivity index (χ3v) is 3.74. The summed E-state index contributed by atoms with van der Waals surface area (Å²) in [6, 6.07) is 10.9. The fraction of sp³-hybridized carbons (Fsp3) is 0.167. The lowest BCUT2D eigenvalue weighted by molar-refractivity contribution is 0.404. The van der Waals surface area contributed by atoms with Crippen LogP contribution in [0.25, 0.3) is 10.9 Å². The molecule has 1 heterocycles. The van der Waals surface area contributed by atoms with E-state index in [1.807, 2.05) is 18.2 Å². The number of nitrogens with one attached hydrogen (secondary N) is 1. The van der Waals surface area contributed by atoms with E-state index in [-0.39, 0.29) is 5.88 Å². The fourth-order valence-electron chi connectivity index (χ4n) is 2.47. The van der Waals surface area contributed by atoms with Crippen LogP contribution in [0.4, 0.5) is 5.69 Å². The average Bonchev–Trinajstić information content (AvgIpc) is 2.93. The lowest BCUT2D eigenvalue weighted by atomic mass is 10.1. The standard InChI is InChI=1S/C18H18N2O4/c1-22-11-4-6-15-13(8-11)14(18(21)20-15)10-19-16-9-12(23-2)5-7-17(16)24-3/h4-10,20-21H,1-3H3. The number of benzene rings is 2. The molecule has 3 rings (SSSR count).